The second kappa shape index (κ2) is 6.38. The van der Waals surface area contributed by atoms with Gasteiger partial charge in [0.1, 0.15) is 0 Å². The smallest absolute Gasteiger partial charge is 0.220 e. The Morgan fingerprint density at radius 2 is 2.21 bits per heavy atom. The number of thiophene rings is 1. The molecule has 0 aliphatic carbocycles. The van der Waals surface area contributed by atoms with Crippen molar-refractivity contribution >= 4 is 22.9 Å². The molecule has 0 spiro atoms. The summed E-state index contributed by atoms with van der Waals surface area (Å²) in [5, 5.41) is 7.12. The molecule has 0 fully saturated rings. The highest BCUT2D eigenvalue weighted by Crippen LogP contribution is 2.13. The van der Waals surface area contributed by atoms with Gasteiger partial charge in [-0.15, -0.1) is 0 Å². The second-order valence-electron chi connectivity index (χ2n) is 4.60. The summed E-state index contributed by atoms with van der Waals surface area (Å²) in [4.78, 5) is 11.8. The molecule has 100 valence electrons. The Bertz CT molecular complexity index is 563. The van der Waals surface area contributed by atoms with E-state index >= 15 is 0 Å². The van der Waals surface area contributed by atoms with Crippen LogP contribution in [0.1, 0.15) is 23.1 Å². The fraction of sp³-hybridized carbons (Fsp3) is 0.267. The van der Waals surface area contributed by atoms with E-state index in [1.165, 1.54) is 11.1 Å². The minimum atomic E-state index is 0.0769. The zero-order chi connectivity index (χ0) is 13.7. The predicted molar refractivity (Wildman–Crippen MR) is 80.1 cm³/mol. The predicted octanol–water partition coefficient (Wildman–Crippen LogP) is 2.89. The molecule has 0 saturated carbocycles. The van der Waals surface area contributed by atoms with Gasteiger partial charge in [-0.05, 0) is 52.9 Å². The first-order chi connectivity index (χ1) is 9.15. The highest BCUT2D eigenvalue weighted by Gasteiger charge is 2.04. The standard InChI is InChI=1S/C15H18N2OS/c1-11-9-19-10-13(11)8-17-15(18)6-5-12-3-2-4-14(16)7-12/h2-4,7,9-10H,5-6,8,16H2,1H3,(H,17,18). The molecule has 0 atom stereocenters. The molecule has 1 heterocycles. The topological polar surface area (TPSA) is 55.1 Å². The molecular weight excluding hydrogens is 256 g/mol. The Labute approximate surface area is 117 Å². The molecule has 1 amide bonds. The molecule has 0 aliphatic rings. The van der Waals surface area contributed by atoms with Gasteiger partial charge in [-0.25, -0.2) is 0 Å². The maximum atomic E-state index is 11.8. The lowest BCUT2D eigenvalue weighted by Crippen LogP contribution is -2.23. The maximum Gasteiger partial charge on any atom is 0.220 e. The average molecular weight is 274 g/mol. The molecule has 1 aromatic heterocycles. The number of benzene rings is 1. The number of nitrogen functional groups attached to an aromatic ring is 1. The van der Waals surface area contributed by atoms with Crippen molar-refractivity contribution in [2.24, 2.45) is 0 Å². The molecule has 3 N–H and O–H groups in total. The van der Waals surface area contributed by atoms with Crippen LogP contribution < -0.4 is 11.1 Å². The van der Waals surface area contributed by atoms with Crippen LogP contribution >= 0.6 is 11.3 Å². The van der Waals surface area contributed by atoms with Gasteiger partial charge in [0.15, 0.2) is 0 Å². The number of hydrogen-bond donors (Lipinski definition) is 2. The third-order valence-electron chi connectivity index (χ3n) is 3.03. The fourth-order valence-corrected chi connectivity index (χ4v) is 2.71. The number of hydrogen-bond acceptors (Lipinski definition) is 3. The minimum Gasteiger partial charge on any atom is -0.399 e. The lowest BCUT2D eigenvalue weighted by Gasteiger charge is -2.05. The van der Waals surface area contributed by atoms with E-state index in [0.717, 1.165) is 17.7 Å². The molecule has 0 saturated heterocycles. The summed E-state index contributed by atoms with van der Waals surface area (Å²) in [6.07, 6.45) is 1.21. The molecule has 0 unspecified atom stereocenters. The Morgan fingerprint density at radius 3 is 2.89 bits per heavy atom. The van der Waals surface area contributed by atoms with E-state index in [9.17, 15) is 4.79 Å². The van der Waals surface area contributed by atoms with Gasteiger partial charge in [-0.1, -0.05) is 12.1 Å². The van der Waals surface area contributed by atoms with E-state index in [0.29, 0.717) is 13.0 Å². The zero-order valence-electron chi connectivity index (χ0n) is 11.0. The third kappa shape index (κ3) is 4.10. The molecule has 1 aromatic carbocycles. The number of amides is 1. The van der Waals surface area contributed by atoms with Gasteiger partial charge in [0, 0.05) is 18.7 Å². The molecule has 2 rings (SSSR count). The van der Waals surface area contributed by atoms with E-state index < -0.39 is 0 Å². The summed E-state index contributed by atoms with van der Waals surface area (Å²) < 4.78 is 0. The molecular formula is C15H18N2OS. The van der Waals surface area contributed by atoms with Gasteiger partial charge in [-0.2, -0.15) is 11.3 Å². The second-order valence-corrected chi connectivity index (χ2v) is 5.35. The van der Waals surface area contributed by atoms with Crippen molar-refractivity contribution in [1.82, 2.24) is 5.32 Å². The van der Waals surface area contributed by atoms with Crippen LogP contribution in [0.15, 0.2) is 35.0 Å². The van der Waals surface area contributed by atoms with Crippen LogP contribution in [0.2, 0.25) is 0 Å². The van der Waals surface area contributed by atoms with Crippen molar-refractivity contribution in [3.63, 3.8) is 0 Å². The normalized spacial score (nSPS) is 10.4. The summed E-state index contributed by atoms with van der Waals surface area (Å²) in [7, 11) is 0. The Morgan fingerprint density at radius 1 is 1.37 bits per heavy atom. The van der Waals surface area contributed by atoms with Gasteiger partial charge in [0.05, 0.1) is 0 Å². The highest BCUT2D eigenvalue weighted by molar-refractivity contribution is 7.08. The number of anilines is 1. The number of carbonyl (C=O) groups is 1. The quantitative estimate of drug-likeness (QED) is 0.824. The maximum absolute atomic E-state index is 11.8. The number of carbonyl (C=O) groups excluding carboxylic acids is 1. The first kappa shape index (κ1) is 13.6. The van der Waals surface area contributed by atoms with Crippen molar-refractivity contribution in [2.75, 3.05) is 5.73 Å². The van der Waals surface area contributed by atoms with Crippen molar-refractivity contribution in [2.45, 2.75) is 26.3 Å². The van der Waals surface area contributed by atoms with Crippen LogP contribution in [0, 0.1) is 6.92 Å². The SMILES string of the molecule is Cc1cscc1CNC(=O)CCc1cccc(N)c1. The molecule has 3 nitrogen and oxygen atoms in total. The first-order valence-electron chi connectivity index (χ1n) is 6.28. The van der Waals surface area contributed by atoms with Crippen LogP contribution in [-0.4, -0.2) is 5.91 Å². The minimum absolute atomic E-state index is 0.0769. The van der Waals surface area contributed by atoms with Crippen LogP contribution in [0.5, 0.6) is 0 Å². The first-order valence-corrected chi connectivity index (χ1v) is 7.22. The van der Waals surface area contributed by atoms with Crippen molar-refractivity contribution in [3.05, 3.63) is 51.7 Å². The average Bonchev–Trinajstić information content (AvgIpc) is 2.80. The van der Waals surface area contributed by atoms with Crippen LogP contribution in [0.25, 0.3) is 0 Å². The summed E-state index contributed by atoms with van der Waals surface area (Å²) in [5.41, 5.74) is 9.98. The summed E-state index contributed by atoms with van der Waals surface area (Å²) in [6, 6.07) is 7.67. The molecule has 0 bridgehead atoms. The van der Waals surface area contributed by atoms with E-state index in [1.54, 1.807) is 11.3 Å². The molecule has 19 heavy (non-hydrogen) atoms. The Kier molecular flexibility index (Phi) is 4.58. The largest absolute Gasteiger partial charge is 0.399 e. The van der Waals surface area contributed by atoms with E-state index in [2.05, 4.69) is 23.0 Å². The van der Waals surface area contributed by atoms with Crippen LogP contribution in [0.3, 0.4) is 0 Å². The number of nitrogens with one attached hydrogen (secondary N) is 1. The van der Waals surface area contributed by atoms with Crippen molar-refractivity contribution < 1.29 is 4.79 Å². The lowest BCUT2D eigenvalue weighted by molar-refractivity contribution is -0.121. The van der Waals surface area contributed by atoms with Gasteiger partial charge in [0.2, 0.25) is 5.91 Å². The van der Waals surface area contributed by atoms with Crippen LogP contribution in [-0.2, 0) is 17.8 Å². The van der Waals surface area contributed by atoms with E-state index in [4.69, 9.17) is 5.73 Å². The van der Waals surface area contributed by atoms with E-state index in [-0.39, 0.29) is 5.91 Å². The monoisotopic (exact) mass is 274 g/mol. The zero-order valence-corrected chi connectivity index (χ0v) is 11.8. The van der Waals surface area contributed by atoms with E-state index in [1.807, 2.05) is 24.3 Å². The van der Waals surface area contributed by atoms with Crippen LogP contribution in [0.4, 0.5) is 5.69 Å². The molecule has 4 heteroatoms. The van der Waals surface area contributed by atoms with Gasteiger partial charge >= 0.3 is 0 Å². The van der Waals surface area contributed by atoms with Gasteiger partial charge in [-0.3, -0.25) is 4.79 Å². The number of rotatable bonds is 5. The Balaban J connectivity index is 1.77. The summed E-state index contributed by atoms with van der Waals surface area (Å²) in [6.45, 7) is 2.68. The highest BCUT2D eigenvalue weighted by atomic mass is 32.1. The summed E-state index contributed by atoms with van der Waals surface area (Å²) in [5.74, 6) is 0.0769. The summed E-state index contributed by atoms with van der Waals surface area (Å²) >= 11 is 1.66. The Hall–Kier alpha value is -1.81. The molecule has 0 radical (unpaired) electrons. The van der Waals surface area contributed by atoms with Gasteiger partial charge < -0.3 is 11.1 Å². The third-order valence-corrected chi connectivity index (χ3v) is 3.94. The molecule has 0 aliphatic heterocycles. The fourth-order valence-electron chi connectivity index (χ4n) is 1.86. The lowest BCUT2D eigenvalue weighted by atomic mass is 10.1. The van der Waals surface area contributed by atoms with Crippen molar-refractivity contribution in [3.8, 4) is 0 Å². The molecule has 2 aromatic rings. The number of aryl methyl sites for hydroxylation is 2. The number of nitrogens with two attached hydrogens (primary N) is 1. The van der Waals surface area contributed by atoms with Gasteiger partial charge in [0.25, 0.3) is 0 Å². The van der Waals surface area contributed by atoms with Crippen molar-refractivity contribution in [1.29, 1.82) is 0 Å².